The van der Waals surface area contributed by atoms with E-state index in [9.17, 15) is 4.79 Å². The van der Waals surface area contributed by atoms with E-state index >= 15 is 0 Å². The van der Waals surface area contributed by atoms with Gasteiger partial charge >= 0.3 is 0 Å². The summed E-state index contributed by atoms with van der Waals surface area (Å²) >= 11 is 0. The highest BCUT2D eigenvalue weighted by atomic mass is 16.5. The van der Waals surface area contributed by atoms with Gasteiger partial charge in [-0.15, -0.1) is 0 Å². The summed E-state index contributed by atoms with van der Waals surface area (Å²) in [6.07, 6.45) is 2.66. The van der Waals surface area contributed by atoms with Gasteiger partial charge in [0.25, 0.3) is 0 Å². The highest BCUT2D eigenvalue weighted by molar-refractivity contribution is 5.76. The van der Waals surface area contributed by atoms with Crippen LogP contribution in [0.2, 0.25) is 0 Å². The number of benzene rings is 1. The first-order valence-corrected chi connectivity index (χ1v) is 7.86. The Morgan fingerprint density at radius 2 is 2.19 bits per heavy atom. The van der Waals surface area contributed by atoms with E-state index in [1.165, 1.54) is 5.56 Å². The zero-order chi connectivity index (χ0) is 15.2. The number of carbonyl (C=O) groups is 1. The van der Waals surface area contributed by atoms with E-state index in [1.54, 1.807) is 0 Å². The van der Waals surface area contributed by atoms with Crippen molar-refractivity contribution in [3.63, 3.8) is 0 Å². The van der Waals surface area contributed by atoms with Crippen molar-refractivity contribution in [2.75, 3.05) is 13.2 Å². The number of rotatable bonds is 8. The van der Waals surface area contributed by atoms with Crippen molar-refractivity contribution in [2.24, 2.45) is 0 Å². The van der Waals surface area contributed by atoms with Crippen LogP contribution in [0, 0.1) is 6.92 Å². The number of ether oxygens (including phenoxy) is 1. The molecule has 1 atom stereocenters. The van der Waals surface area contributed by atoms with Crippen LogP contribution in [0.1, 0.15) is 50.3 Å². The molecule has 1 saturated carbocycles. The molecular weight excluding hydrogens is 264 g/mol. The first kappa shape index (κ1) is 15.8. The Balaban J connectivity index is 1.90. The van der Waals surface area contributed by atoms with Gasteiger partial charge in [0, 0.05) is 17.6 Å². The lowest BCUT2D eigenvalue weighted by Crippen LogP contribution is -2.27. The topological polar surface area (TPSA) is 50.4 Å². The lowest BCUT2D eigenvalue weighted by atomic mass is 10.0. The molecule has 0 radical (unpaired) electrons. The van der Waals surface area contributed by atoms with Crippen LogP contribution >= 0.6 is 0 Å². The zero-order valence-electron chi connectivity index (χ0n) is 13.2. The number of hydrogen-bond donors (Lipinski definition) is 2. The van der Waals surface area contributed by atoms with Crippen LogP contribution in [-0.4, -0.2) is 25.1 Å². The third-order valence-electron chi connectivity index (χ3n) is 3.67. The molecule has 116 valence electrons. The van der Waals surface area contributed by atoms with E-state index in [0.29, 0.717) is 19.1 Å². The lowest BCUT2D eigenvalue weighted by molar-refractivity contribution is -0.121. The lowest BCUT2D eigenvalue weighted by Gasteiger charge is -2.18. The van der Waals surface area contributed by atoms with Gasteiger partial charge in [0.15, 0.2) is 0 Å². The number of amides is 1. The van der Waals surface area contributed by atoms with Crippen molar-refractivity contribution in [3.05, 3.63) is 29.3 Å². The van der Waals surface area contributed by atoms with Gasteiger partial charge in [-0.2, -0.15) is 0 Å². The van der Waals surface area contributed by atoms with Crippen molar-refractivity contribution < 1.29 is 9.53 Å². The van der Waals surface area contributed by atoms with Gasteiger partial charge < -0.3 is 15.4 Å². The van der Waals surface area contributed by atoms with Gasteiger partial charge in [-0.05, 0) is 39.3 Å². The van der Waals surface area contributed by atoms with Gasteiger partial charge in [0.05, 0.1) is 13.0 Å². The molecule has 1 unspecified atom stereocenters. The summed E-state index contributed by atoms with van der Waals surface area (Å²) in [5, 5.41) is 6.38. The Kier molecular flexibility index (Phi) is 5.62. The van der Waals surface area contributed by atoms with Crippen molar-refractivity contribution in [3.8, 4) is 5.75 Å². The Bertz CT molecular complexity index is 484. The minimum Gasteiger partial charge on any atom is -0.493 e. The Hall–Kier alpha value is -1.55. The Morgan fingerprint density at radius 3 is 2.86 bits per heavy atom. The average molecular weight is 290 g/mol. The maximum Gasteiger partial charge on any atom is 0.223 e. The number of aryl methyl sites for hydroxylation is 1. The predicted molar refractivity (Wildman–Crippen MR) is 84.5 cm³/mol. The van der Waals surface area contributed by atoms with E-state index in [2.05, 4.69) is 37.5 Å². The van der Waals surface area contributed by atoms with Crippen molar-refractivity contribution >= 4 is 5.91 Å². The molecule has 0 saturated heterocycles. The van der Waals surface area contributed by atoms with E-state index in [0.717, 1.165) is 30.7 Å². The van der Waals surface area contributed by atoms with Crippen LogP contribution in [0.3, 0.4) is 0 Å². The summed E-state index contributed by atoms with van der Waals surface area (Å²) in [6.45, 7) is 7.64. The molecule has 1 aliphatic rings. The average Bonchev–Trinajstić information content (AvgIpc) is 3.24. The minimum atomic E-state index is 0.0888. The zero-order valence-corrected chi connectivity index (χ0v) is 13.2. The molecule has 21 heavy (non-hydrogen) atoms. The molecule has 0 bridgehead atoms. The van der Waals surface area contributed by atoms with Crippen molar-refractivity contribution in [1.82, 2.24) is 10.6 Å². The molecule has 1 aromatic carbocycles. The summed E-state index contributed by atoms with van der Waals surface area (Å²) in [7, 11) is 0. The fourth-order valence-corrected chi connectivity index (χ4v) is 2.34. The highest BCUT2D eigenvalue weighted by Gasteiger charge is 2.23. The van der Waals surface area contributed by atoms with Crippen molar-refractivity contribution in [1.29, 1.82) is 0 Å². The fourth-order valence-electron chi connectivity index (χ4n) is 2.34. The summed E-state index contributed by atoms with van der Waals surface area (Å²) in [5.41, 5.74) is 2.37. The van der Waals surface area contributed by atoms with Crippen molar-refractivity contribution in [2.45, 2.75) is 52.1 Å². The smallest absolute Gasteiger partial charge is 0.223 e. The number of hydrogen-bond acceptors (Lipinski definition) is 3. The largest absolute Gasteiger partial charge is 0.493 e. The molecule has 2 rings (SSSR count). The van der Waals surface area contributed by atoms with Crippen LogP contribution in [-0.2, 0) is 4.79 Å². The molecule has 1 aliphatic carbocycles. The second-order valence-corrected chi connectivity index (χ2v) is 5.76. The van der Waals surface area contributed by atoms with Gasteiger partial charge in [-0.1, -0.05) is 24.6 Å². The van der Waals surface area contributed by atoms with E-state index in [-0.39, 0.29) is 11.9 Å². The first-order valence-electron chi connectivity index (χ1n) is 7.86. The fraction of sp³-hybridized carbons (Fsp3) is 0.588. The van der Waals surface area contributed by atoms with Gasteiger partial charge in [0.2, 0.25) is 5.91 Å². The Labute approximate surface area is 127 Å². The maximum atomic E-state index is 11.7. The van der Waals surface area contributed by atoms with E-state index < -0.39 is 0 Å². The third-order valence-corrected chi connectivity index (χ3v) is 3.67. The predicted octanol–water partition coefficient (Wildman–Crippen LogP) is 2.71. The normalized spacial score (nSPS) is 15.6. The van der Waals surface area contributed by atoms with Gasteiger partial charge in [-0.25, -0.2) is 0 Å². The van der Waals surface area contributed by atoms with Gasteiger partial charge in [-0.3, -0.25) is 4.79 Å². The standard InChI is InChI=1S/C17H26N2O2/c1-4-18-13(3)15-11-12(2)5-8-16(15)21-10-9-17(20)19-14-6-7-14/h5,8,11,13-14,18H,4,6-7,9-10H2,1-3H3,(H,19,20). The van der Waals surface area contributed by atoms with Crippen LogP contribution in [0.25, 0.3) is 0 Å². The molecule has 1 amide bonds. The van der Waals surface area contributed by atoms with Crippen LogP contribution in [0.5, 0.6) is 5.75 Å². The molecule has 1 aromatic rings. The minimum absolute atomic E-state index is 0.0888. The molecule has 0 spiro atoms. The highest BCUT2D eigenvalue weighted by Crippen LogP contribution is 2.26. The summed E-state index contributed by atoms with van der Waals surface area (Å²) < 4.78 is 5.83. The van der Waals surface area contributed by atoms with E-state index in [4.69, 9.17) is 4.74 Å². The monoisotopic (exact) mass is 290 g/mol. The maximum absolute atomic E-state index is 11.7. The van der Waals surface area contributed by atoms with E-state index in [1.807, 2.05) is 12.1 Å². The van der Waals surface area contributed by atoms with Crippen LogP contribution in [0.15, 0.2) is 18.2 Å². The molecule has 1 fully saturated rings. The third kappa shape index (κ3) is 5.05. The summed E-state index contributed by atoms with van der Waals surface area (Å²) in [4.78, 5) is 11.7. The first-order chi connectivity index (χ1) is 10.1. The molecule has 4 heteroatoms. The second kappa shape index (κ2) is 7.46. The van der Waals surface area contributed by atoms with Crippen LogP contribution in [0.4, 0.5) is 0 Å². The molecule has 0 aromatic heterocycles. The molecule has 2 N–H and O–H groups in total. The quantitative estimate of drug-likeness (QED) is 0.774. The number of nitrogens with one attached hydrogen (secondary N) is 2. The second-order valence-electron chi connectivity index (χ2n) is 5.76. The SMILES string of the molecule is CCNC(C)c1cc(C)ccc1OCCC(=O)NC1CC1. The molecular formula is C17H26N2O2. The van der Waals surface area contributed by atoms with Gasteiger partial charge in [0.1, 0.15) is 5.75 Å². The molecule has 0 aliphatic heterocycles. The summed E-state index contributed by atoms with van der Waals surface area (Å²) in [5.74, 6) is 0.958. The Morgan fingerprint density at radius 1 is 1.43 bits per heavy atom. The molecule has 4 nitrogen and oxygen atoms in total. The molecule has 0 heterocycles. The number of carbonyl (C=O) groups excluding carboxylic acids is 1. The van der Waals surface area contributed by atoms with Crippen LogP contribution < -0.4 is 15.4 Å². The summed E-state index contributed by atoms with van der Waals surface area (Å²) in [6, 6.07) is 6.85.